The lowest BCUT2D eigenvalue weighted by atomic mass is 9.67. The van der Waals surface area contributed by atoms with Crippen molar-refractivity contribution in [1.82, 2.24) is 0 Å². The van der Waals surface area contributed by atoms with Gasteiger partial charge >= 0.3 is 0 Å². The van der Waals surface area contributed by atoms with Crippen molar-refractivity contribution in [3.63, 3.8) is 0 Å². The summed E-state index contributed by atoms with van der Waals surface area (Å²) in [7, 11) is 0. The fraction of sp³-hybridized carbons (Fsp3) is 0.0588. The Morgan fingerprint density at radius 3 is 1.38 bits per heavy atom. The quantitative estimate of drug-likeness (QED) is 0.154. The molecule has 0 aromatic heterocycles. The summed E-state index contributed by atoms with van der Waals surface area (Å²) in [5, 5.41) is 0. The van der Waals surface area contributed by atoms with E-state index in [2.05, 4.69) is 266 Å². The molecular weight excluding hydrogens is 831 g/mol. The van der Waals surface area contributed by atoms with Crippen LogP contribution in [0.5, 0.6) is 0 Å². The van der Waals surface area contributed by atoms with Crippen LogP contribution >= 0.6 is 0 Å². The first-order chi connectivity index (χ1) is 34.2. The molecule has 0 saturated carbocycles. The van der Waals surface area contributed by atoms with Gasteiger partial charge in [0.15, 0.2) is 0 Å². The number of anilines is 3. The van der Waals surface area contributed by atoms with Crippen LogP contribution in [-0.2, 0) is 10.8 Å². The van der Waals surface area contributed by atoms with Gasteiger partial charge in [-0.1, -0.05) is 212 Å². The van der Waals surface area contributed by atoms with E-state index >= 15 is 0 Å². The predicted octanol–water partition coefficient (Wildman–Crippen LogP) is 17.3. The smallest absolute Gasteiger partial charge is 0.0725 e. The molecule has 10 aromatic carbocycles. The van der Waals surface area contributed by atoms with Crippen molar-refractivity contribution < 1.29 is 0 Å². The highest BCUT2D eigenvalue weighted by atomic mass is 15.1. The zero-order valence-corrected chi connectivity index (χ0v) is 38.2. The van der Waals surface area contributed by atoms with Crippen molar-refractivity contribution in [3.05, 3.63) is 311 Å². The van der Waals surface area contributed by atoms with E-state index < -0.39 is 5.41 Å². The lowest BCUT2D eigenvalue weighted by Crippen LogP contribution is -2.28. The Morgan fingerprint density at radius 1 is 0.304 bits per heavy atom. The molecular formula is C68H47N. The Kier molecular flexibility index (Phi) is 8.91. The number of benzene rings is 10. The molecule has 0 bridgehead atoms. The van der Waals surface area contributed by atoms with E-state index in [4.69, 9.17) is 0 Å². The summed E-state index contributed by atoms with van der Waals surface area (Å²) in [6.07, 6.45) is 8.86. The summed E-state index contributed by atoms with van der Waals surface area (Å²) >= 11 is 0. The van der Waals surface area contributed by atoms with Crippen LogP contribution in [0.15, 0.2) is 261 Å². The van der Waals surface area contributed by atoms with Crippen LogP contribution in [0.3, 0.4) is 0 Å². The second-order valence-electron chi connectivity index (χ2n) is 19.0. The third kappa shape index (κ3) is 5.71. The molecule has 0 radical (unpaired) electrons. The molecule has 0 fully saturated rings. The first kappa shape index (κ1) is 39.6. The Labute approximate surface area is 404 Å². The molecule has 0 N–H and O–H groups in total. The second-order valence-corrected chi connectivity index (χ2v) is 19.0. The van der Waals surface area contributed by atoms with Crippen LogP contribution in [0, 0.1) is 0 Å². The Morgan fingerprint density at radius 2 is 0.797 bits per heavy atom. The summed E-state index contributed by atoms with van der Waals surface area (Å²) in [5.74, 6) is 0. The van der Waals surface area contributed by atoms with E-state index in [0.717, 1.165) is 29.9 Å². The van der Waals surface area contributed by atoms with E-state index in [1.807, 2.05) is 0 Å². The zero-order valence-electron chi connectivity index (χ0n) is 38.2. The van der Waals surface area contributed by atoms with E-state index in [1.54, 1.807) is 0 Å². The summed E-state index contributed by atoms with van der Waals surface area (Å²) in [4.78, 5) is 2.49. The molecule has 1 nitrogen and oxygen atoms in total. The van der Waals surface area contributed by atoms with Crippen molar-refractivity contribution in [1.29, 1.82) is 0 Å². The van der Waals surface area contributed by atoms with Crippen molar-refractivity contribution in [2.45, 2.75) is 23.7 Å². The standard InChI is InChI=1S/C68H47N/c1-5-21-46(22-6-1)48-41-49(47-37-40-65-60(44-47)58-32-16-20-36-64(58)68(65)62-34-18-14-29-55(62)56-30-15-19-35-63(56)68)43-54(42-48)69(52-27-11-4-12-28-52)53-38-39-59-57-31-13-17-33-61(57)67(66(59)45-53,50-23-7-2-8-24-50)51-25-9-3-10-26-51/h1-5,7-21,23-45H,6,22H2. The molecule has 0 saturated heterocycles. The number of allylic oxidation sites excluding steroid dienone is 4. The molecule has 0 heterocycles. The third-order valence-corrected chi connectivity index (χ3v) is 15.6. The maximum Gasteiger partial charge on any atom is 0.0725 e. The van der Waals surface area contributed by atoms with Gasteiger partial charge in [-0.2, -0.15) is 0 Å². The van der Waals surface area contributed by atoms with Gasteiger partial charge in [-0.15, -0.1) is 0 Å². The van der Waals surface area contributed by atoms with E-state index in [0.29, 0.717) is 0 Å². The van der Waals surface area contributed by atoms with Gasteiger partial charge in [0.25, 0.3) is 0 Å². The first-order valence-electron chi connectivity index (χ1n) is 24.4. The third-order valence-electron chi connectivity index (χ3n) is 15.6. The lowest BCUT2D eigenvalue weighted by Gasteiger charge is -2.35. The average Bonchev–Trinajstić information content (AvgIpc) is 4.02. The van der Waals surface area contributed by atoms with Crippen molar-refractivity contribution in [2.75, 3.05) is 4.90 Å². The molecule has 4 aliphatic carbocycles. The topological polar surface area (TPSA) is 3.24 Å². The fourth-order valence-electron chi connectivity index (χ4n) is 12.8. The van der Waals surface area contributed by atoms with E-state index in [9.17, 15) is 0 Å². The molecule has 1 heteroatoms. The van der Waals surface area contributed by atoms with Crippen molar-refractivity contribution >= 4 is 22.6 Å². The Hall–Kier alpha value is -8.52. The predicted molar refractivity (Wildman–Crippen MR) is 287 cm³/mol. The number of rotatable bonds is 7. The molecule has 0 aliphatic heterocycles. The SMILES string of the molecule is C1=CCCC(c2cc(-c3ccc4c(c3)-c3ccccc3C43c4ccccc4-c4ccccc43)cc(N(c3ccccc3)c3ccc4c(c3)C(c3ccccc3)(c3ccccc3)c3ccccc3-4)c2)=C1. The highest BCUT2D eigenvalue weighted by Gasteiger charge is 2.51. The molecule has 4 aliphatic rings. The first-order valence-corrected chi connectivity index (χ1v) is 24.4. The summed E-state index contributed by atoms with van der Waals surface area (Å²) in [5.41, 5.74) is 25.9. The summed E-state index contributed by atoms with van der Waals surface area (Å²) < 4.78 is 0. The number of hydrogen-bond acceptors (Lipinski definition) is 1. The fourth-order valence-corrected chi connectivity index (χ4v) is 12.8. The maximum atomic E-state index is 2.49. The molecule has 14 rings (SSSR count). The van der Waals surface area contributed by atoms with Crippen LogP contribution in [0.2, 0.25) is 0 Å². The van der Waals surface area contributed by atoms with Gasteiger partial charge < -0.3 is 4.90 Å². The highest BCUT2D eigenvalue weighted by Crippen LogP contribution is 2.63. The zero-order chi connectivity index (χ0) is 45.5. The van der Waals surface area contributed by atoms with Gasteiger partial charge in [0, 0.05) is 17.1 Å². The normalized spacial score (nSPS) is 14.8. The number of nitrogens with zero attached hydrogens (tertiary/aromatic N) is 1. The van der Waals surface area contributed by atoms with Gasteiger partial charge in [0.05, 0.1) is 10.8 Å². The molecule has 69 heavy (non-hydrogen) atoms. The highest BCUT2D eigenvalue weighted by molar-refractivity contribution is 5.97. The largest absolute Gasteiger partial charge is 0.310 e. The Bertz CT molecular complexity index is 3640. The average molecular weight is 878 g/mol. The molecule has 324 valence electrons. The van der Waals surface area contributed by atoms with Crippen LogP contribution in [0.4, 0.5) is 17.1 Å². The van der Waals surface area contributed by atoms with Crippen LogP contribution < -0.4 is 4.90 Å². The maximum absolute atomic E-state index is 2.49. The van der Waals surface area contributed by atoms with Crippen LogP contribution in [0.25, 0.3) is 50.1 Å². The molecule has 0 unspecified atom stereocenters. The van der Waals surface area contributed by atoms with Gasteiger partial charge in [-0.3, -0.25) is 0 Å². The van der Waals surface area contributed by atoms with Gasteiger partial charge in [0.2, 0.25) is 0 Å². The van der Waals surface area contributed by atoms with Gasteiger partial charge in [-0.25, -0.2) is 0 Å². The number of para-hydroxylation sites is 1. The minimum absolute atomic E-state index is 0.379. The molecule has 1 spiro atoms. The minimum Gasteiger partial charge on any atom is -0.310 e. The molecule has 0 atom stereocenters. The van der Waals surface area contributed by atoms with Crippen molar-refractivity contribution in [2.24, 2.45) is 0 Å². The van der Waals surface area contributed by atoms with Crippen molar-refractivity contribution in [3.8, 4) is 44.5 Å². The second kappa shape index (κ2) is 15.5. The van der Waals surface area contributed by atoms with E-state index in [1.165, 1.54) is 100 Å². The molecule has 0 amide bonds. The summed E-state index contributed by atoms with van der Waals surface area (Å²) in [6, 6.07) is 91.3. The minimum atomic E-state index is -0.516. The van der Waals surface area contributed by atoms with E-state index in [-0.39, 0.29) is 5.41 Å². The monoisotopic (exact) mass is 877 g/mol. The lowest BCUT2D eigenvalue weighted by molar-refractivity contribution is 0.768. The van der Waals surface area contributed by atoms with Gasteiger partial charge in [-0.05, 0) is 162 Å². The number of hydrogen-bond donors (Lipinski definition) is 0. The van der Waals surface area contributed by atoms with Crippen LogP contribution in [-0.4, -0.2) is 0 Å². The van der Waals surface area contributed by atoms with Crippen LogP contribution in [0.1, 0.15) is 62.9 Å². The number of fused-ring (bicyclic) bond motifs is 13. The molecule has 10 aromatic rings. The summed E-state index contributed by atoms with van der Waals surface area (Å²) in [6.45, 7) is 0. The Balaban J connectivity index is 0.991. The van der Waals surface area contributed by atoms with Gasteiger partial charge in [0.1, 0.15) is 0 Å².